The summed E-state index contributed by atoms with van der Waals surface area (Å²) in [5.74, 6) is 0.355. The molecule has 0 unspecified atom stereocenters. The summed E-state index contributed by atoms with van der Waals surface area (Å²) in [6.45, 7) is 2.12. The lowest BCUT2D eigenvalue weighted by atomic mass is 9.78. The molecule has 4 rings (SSSR count). The Kier molecular flexibility index (Phi) is 3.98. The molecule has 0 aromatic heterocycles. The lowest BCUT2D eigenvalue weighted by Gasteiger charge is -2.37. The Hall–Kier alpha value is -2.36. The van der Waals surface area contributed by atoms with Crippen LogP contribution in [0.4, 0.5) is 0 Å². The van der Waals surface area contributed by atoms with Gasteiger partial charge in [-0.3, -0.25) is 9.59 Å². The molecule has 1 spiro atoms. The van der Waals surface area contributed by atoms with Gasteiger partial charge in [0.25, 0.3) is 0 Å². The molecule has 2 fully saturated rings. The Bertz CT molecular complexity index is 826. The van der Waals surface area contributed by atoms with Crippen LogP contribution in [-0.2, 0) is 16.0 Å². The minimum atomic E-state index is -0.332. The number of carbonyl (C=O) groups is 2. The van der Waals surface area contributed by atoms with E-state index in [1.807, 2.05) is 41.1 Å². The Morgan fingerprint density at radius 2 is 1.88 bits per heavy atom. The van der Waals surface area contributed by atoms with Crippen LogP contribution in [0.2, 0.25) is 0 Å². The minimum absolute atomic E-state index is 0.134. The number of carbonyl (C=O) groups excluding carboxylic acids is 2. The van der Waals surface area contributed by atoms with E-state index in [0.717, 1.165) is 42.1 Å². The van der Waals surface area contributed by atoms with Gasteiger partial charge in [-0.2, -0.15) is 0 Å². The molecule has 2 saturated heterocycles. The number of nitrogens with zero attached hydrogens (tertiary/aromatic N) is 2. The summed E-state index contributed by atoms with van der Waals surface area (Å²) in [7, 11) is 1.88. The van der Waals surface area contributed by atoms with Crippen molar-refractivity contribution in [3.05, 3.63) is 48.0 Å². The number of hydrogen-bond acceptors (Lipinski definition) is 2. The smallest absolute Gasteiger partial charge is 0.230 e. The Labute approximate surface area is 148 Å². The first-order chi connectivity index (χ1) is 12.1. The van der Waals surface area contributed by atoms with E-state index >= 15 is 0 Å². The van der Waals surface area contributed by atoms with Gasteiger partial charge in [-0.15, -0.1) is 0 Å². The fourth-order valence-electron chi connectivity index (χ4n) is 4.45. The summed E-state index contributed by atoms with van der Waals surface area (Å²) in [5.41, 5.74) is 0.734. The van der Waals surface area contributed by atoms with Crippen LogP contribution in [0.25, 0.3) is 10.8 Å². The van der Waals surface area contributed by atoms with Crippen molar-refractivity contribution < 1.29 is 9.59 Å². The van der Waals surface area contributed by atoms with E-state index in [2.05, 4.69) is 18.2 Å². The molecule has 0 aliphatic carbocycles. The largest absolute Gasteiger partial charge is 0.345 e. The zero-order valence-corrected chi connectivity index (χ0v) is 14.7. The zero-order chi connectivity index (χ0) is 17.4. The maximum absolute atomic E-state index is 12.9. The van der Waals surface area contributed by atoms with E-state index < -0.39 is 0 Å². The van der Waals surface area contributed by atoms with Crippen LogP contribution >= 0.6 is 0 Å². The molecule has 0 N–H and O–H groups in total. The number of amides is 2. The second-order valence-corrected chi connectivity index (χ2v) is 7.49. The van der Waals surface area contributed by atoms with Crippen LogP contribution in [0, 0.1) is 5.41 Å². The van der Waals surface area contributed by atoms with E-state index in [-0.39, 0.29) is 17.2 Å². The van der Waals surface area contributed by atoms with Crippen molar-refractivity contribution in [2.24, 2.45) is 5.41 Å². The summed E-state index contributed by atoms with van der Waals surface area (Å²) in [6, 6.07) is 14.3. The van der Waals surface area contributed by atoms with Gasteiger partial charge < -0.3 is 9.80 Å². The summed E-state index contributed by atoms with van der Waals surface area (Å²) >= 11 is 0. The molecular weight excluding hydrogens is 312 g/mol. The van der Waals surface area contributed by atoms with Gasteiger partial charge in [0, 0.05) is 26.7 Å². The molecule has 2 aliphatic rings. The molecule has 25 heavy (non-hydrogen) atoms. The zero-order valence-electron chi connectivity index (χ0n) is 14.7. The standard InChI is InChI=1S/C21H24N2O2/c1-22-12-5-10-21(20(22)25)11-13-23(15-21)19(24)14-17-8-4-7-16-6-2-3-9-18(16)17/h2-4,6-9H,5,10-15H2,1H3/t21-/m1/s1. The third-order valence-electron chi connectivity index (χ3n) is 5.88. The van der Waals surface area contributed by atoms with E-state index in [1.165, 1.54) is 0 Å². The van der Waals surface area contributed by atoms with Crippen molar-refractivity contribution in [2.75, 3.05) is 26.7 Å². The molecule has 2 aliphatic heterocycles. The number of rotatable bonds is 2. The van der Waals surface area contributed by atoms with Crippen molar-refractivity contribution in [1.29, 1.82) is 0 Å². The molecule has 2 amide bonds. The SMILES string of the molecule is CN1CCC[C@]2(CCN(C(=O)Cc3cccc4ccccc34)C2)C1=O. The predicted octanol–water partition coefficient (Wildman–Crippen LogP) is 2.85. The van der Waals surface area contributed by atoms with Gasteiger partial charge in [0.1, 0.15) is 0 Å². The average Bonchev–Trinajstić information content (AvgIpc) is 3.05. The Balaban J connectivity index is 1.51. The third kappa shape index (κ3) is 2.80. The van der Waals surface area contributed by atoms with Crippen LogP contribution in [0.15, 0.2) is 42.5 Å². The van der Waals surface area contributed by atoms with Crippen molar-refractivity contribution in [1.82, 2.24) is 9.80 Å². The first-order valence-corrected chi connectivity index (χ1v) is 9.09. The third-order valence-corrected chi connectivity index (χ3v) is 5.88. The van der Waals surface area contributed by atoms with Gasteiger partial charge >= 0.3 is 0 Å². The molecule has 0 bridgehead atoms. The van der Waals surface area contributed by atoms with Gasteiger partial charge in [-0.25, -0.2) is 0 Å². The molecule has 2 aromatic rings. The Morgan fingerprint density at radius 1 is 1.08 bits per heavy atom. The first-order valence-electron chi connectivity index (χ1n) is 9.09. The number of fused-ring (bicyclic) bond motifs is 1. The molecule has 130 valence electrons. The van der Waals surface area contributed by atoms with Gasteiger partial charge in [0.15, 0.2) is 0 Å². The van der Waals surface area contributed by atoms with Crippen LogP contribution in [0.3, 0.4) is 0 Å². The second-order valence-electron chi connectivity index (χ2n) is 7.49. The fourth-order valence-corrected chi connectivity index (χ4v) is 4.45. The molecule has 0 saturated carbocycles. The van der Waals surface area contributed by atoms with E-state index in [4.69, 9.17) is 0 Å². The molecule has 4 nitrogen and oxygen atoms in total. The van der Waals surface area contributed by atoms with Crippen molar-refractivity contribution in [3.8, 4) is 0 Å². The highest BCUT2D eigenvalue weighted by atomic mass is 16.2. The highest BCUT2D eigenvalue weighted by Crippen LogP contribution is 2.39. The molecule has 2 heterocycles. The Morgan fingerprint density at radius 3 is 2.76 bits per heavy atom. The monoisotopic (exact) mass is 336 g/mol. The minimum Gasteiger partial charge on any atom is -0.345 e. The van der Waals surface area contributed by atoms with Gasteiger partial charge in [-0.1, -0.05) is 42.5 Å². The van der Waals surface area contributed by atoms with Gasteiger partial charge in [0.2, 0.25) is 11.8 Å². The van der Waals surface area contributed by atoms with Crippen LogP contribution in [0.5, 0.6) is 0 Å². The summed E-state index contributed by atoms with van der Waals surface area (Å²) in [5, 5.41) is 2.30. The van der Waals surface area contributed by atoms with E-state index in [0.29, 0.717) is 19.5 Å². The number of likely N-dealkylation sites (tertiary alicyclic amines) is 2. The highest BCUT2D eigenvalue weighted by molar-refractivity contribution is 5.91. The quantitative estimate of drug-likeness (QED) is 0.846. The number of hydrogen-bond donors (Lipinski definition) is 0. The lowest BCUT2D eigenvalue weighted by molar-refractivity contribution is -0.144. The van der Waals surface area contributed by atoms with E-state index in [1.54, 1.807) is 0 Å². The maximum Gasteiger partial charge on any atom is 0.230 e. The van der Waals surface area contributed by atoms with Crippen molar-refractivity contribution in [3.63, 3.8) is 0 Å². The lowest BCUT2D eigenvalue weighted by Crippen LogP contribution is -2.48. The summed E-state index contributed by atoms with van der Waals surface area (Å²) in [4.78, 5) is 29.2. The second kappa shape index (κ2) is 6.17. The highest BCUT2D eigenvalue weighted by Gasteiger charge is 2.48. The molecule has 1 atom stereocenters. The van der Waals surface area contributed by atoms with Crippen LogP contribution < -0.4 is 0 Å². The predicted molar refractivity (Wildman–Crippen MR) is 98.2 cm³/mol. The normalized spacial score (nSPS) is 23.6. The number of piperidine rings is 1. The van der Waals surface area contributed by atoms with Crippen LogP contribution in [0.1, 0.15) is 24.8 Å². The van der Waals surface area contributed by atoms with Crippen LogP contribution in [-0.4, -0.2) is 48.3 Å². The number of benzene rings is 2. The van der Waals surface area contributed by atoms with Crippen molar-refractivity contribution >= 4 is 22.6 Å². The summed E-state index contributed by atoms with van der Waals surface area (Å²) < 4.78 is 0. The van der Waals surface area contributed by atoms with E-state index in [9.17, 15) is 9.59 Å². The molecule has 4 heteroatoms. The first kappa shape index (κ1) is 16.1. The van der Waals surface area contributed by atoms with Gasteiger partial charge in [0.05, 0.1) is 11.8 Å². The average molecular weight is 336 g/mol. The fraction of sp³-hybridized carbons (Fsp3) is 0.429. The molecule has 0 radical (unpaired) electrons. The van der Waals surface area contributed by atoms with Gasteiger partial charge in [-0.05, 0) is 35.6 Å². The maximum atomic E-state index is 12.9. The molecular formula is C21H24N2O2. The van der Waals surface area contributed by atoms with Crippen molar-refractivity contribution in [2.45, 2.75) is 25.7 Å². The molecule has 2 aromatic carbocycles. The summed E-state index contributed by atoms with van der Waals surface area (Å²) in [6.07, 6.45) is 3.15. The topological polar surface area (TPSA) is 40.6 Å².